The quantitative estimate of drug-likeness (QED) is 0.700. The number of carbonyl (C=O) groups is 2. The van der Waals surface area contributed by atoms with Gasteiger partial charge in [-0.05, 0) is 53.1 Å². The van der Waals surface area contributed by atoms with E-state index in [1.165, 1.54) is 12.1 Å². The highest BCUT2D eigenvalue weighted by atomic mass is 19.1. The Morgan fingerprint density at radius 3 is 2.24 bits per heavy atom. The number of urea groups is 1. The normalized spacial score (nSPS) is 22.1. The zero-order chi connectivity index (χ0) is 20.4. The molecule has 0 unspecified atom stereocenters. The van der Waals surface area contributed by atoms with Gasteiger partial charge in [0.25, 0.3) is 0 Å². The van der Waals surface area contributed by atoms with Gasteiger partial charge in [0.1, 0.15) is 5.82 Å². The molecule has 0 aromatic heterocycles. The Hall–Kier alpha value is -2.93. The highest BCUT2D eigenvalue weighted by Crippen LogP contribution is 2.51. The van der Waals surface area contributed by atoms with Crippen molar-refractivity contribution in [2.45, 2.75) is 13.0 Å². The van der Waals surface area contributed by atoms with Crippen LogP contribution >= 0.6 is 0 Å². The minimum absolute atomic E-state index is 0.103. The van der Waals surface area contributed by atoms with Gasteiger partial charge < -0.3 is 20.6 Å². The van der Waals surface area contributed by atoms with Crippen LogP contribution in [0, 0.1) is 23.6 Å². The average Bonchev–Trinajstić information content (AvgIpc) is 3.19. The van der Waals surface area contributed by atoms with Gasteiger partial charge >= 0.3 is 6.03 Å². The van der Waals surface area contributed by atoms with Crippen molar-refractivity contribution in [2.75, 3.05) is 25.0 Å². The summed E-state index contributed by atoms with van der Waals surface area (Å²) < 4.78 is 12.9. The van der Waals surface area contributed by atoms with Gasteiger partial charge in [0.05, 0.1) is 6.42 Å². The highest BCUT2D eigenvalue weighted by Gasteiger charge is 2.55. The lowest BCUT2D eigenvalue weighted by atomic mass is 10.1. The predicted molar refractivity (Wildman–Crippen MR) is 107 cm³/mol. The molecule has 1 aliphatic heterocycles. The van der Waals surface area contributed by atoms with E-state index in [0.717, 1.165) is 24.2 Å². The van der Waals surface area contributed by atoms with Crippen LogP contribution in [0.1, 0.15) is 11.1 Å². The van der Waals surface area contributed by atoms with Crippen molar-refractivity contribution >= 4 is 17.6 Å². The van der Waals surface area contributed by atoms with Crippen LogP contribution < -0.4 is 10.6 Å². The van der Waals surface area contributed by atoms with E-state index in [1.54, 1.807) is 24.3 Å². The molecule has 152 valence electrons. The first-order valence-electron chi connectivity index (χ1n) is 9.80. The molecule has 29 heavy (non-hydrogen) atoms. The standard InChI is InChI=1S/C22H24FN3O3/c23-16-5-1-15(2-6-16)10-24-22(29)25-17-7-3-14(4-8-17)9-21(28)26-11-18-19(12-26)20(18)13-27/h1-8,18-20,27H,9-13H2,(H2,24,25,29)/t18-,19+,20+. The van der Waals surface area contributed by atoms with E-state index in [2.05, 4.69) is 10.6 Å². The minimum atomic E-state index is -0.354. The second-order valence-electron chi connectivity index (χ2n) is 7.78. The van der Waals surface area contributed by atoms with E-state index in [0.29, 0.717) is 36.4 Å². The van der Waals surface area contributed by atoms with E-state index in [1.807, 2.05) is 17.0 Å². The molecule has 2 aromatic rings. The molecule has 3 amide bonds. The van der Waals surface area contributed by atoms with Crippen molar-refractivity contribution in [2.24, 2.45) is 17.8 Å². The monoisotopic (exact) mass is 397 g/mol. The Kier molecular flexibility index (Phi) is 5.49. The number of nitrogens with one attached hydrogen (secondary N) is 2. The second kappa shape index (κ2) is 8.21. The maximum atomic E-state index is 12.9. The Labute approximate surface area is 168 Å². The summed E-state index contributed by atoms with van der Waals surface area (Å²) in [6, 6.07) is 12.8. The van der Waals surface area contributed by atoms with Crippen molar-refractivity contribution in [3.63, 3.8) is 0 Å². The maximum Gasteiger partial charge on any atom is 0.319 e. The van der Waals surface area contributed by atoms with Gasteiger partial charge in [0.15, 0.2) is 0 Å². The summed E-state index contributed by atoms with van der Waals surface area (Å²) >= 11 is 0. The average molecular weight is 397 g/mol. The van der Waals surface area contributed by atoms with Crippen LogP contribution in [0.3, 0.4) is 0 Å². The largest absolute Gasteiger partial charge is 0.396 e. The van der Waals surface area contributed by atoms with Gasteiger partial charge in [0, 0.05) is 31.9 Å². The molecule has 1 heterocycles. The zero-order valence-electron chi connectivity index (χ0n) is 16.0. The number of nitrogens with zero attached hydrogens (tertiary/aromatic N) is 1. The Morgan fingerprint density at radius 1 is 1.00 bits per heavy atom. The topological polar surface area (TPSA) is 81.7 Å². The zero-order valence-corrected chi connectivity index (χ0v) is 16.0. The van der Waals surface area contributed by atoms with Crippen LogP contribution in [-0.2, 0) is 17.8 Å². The number of aliphatic hydroxyl groups is 1. The van der Waals surface area contributed by atoms with Crippen LogP contribution in [0.5, 0.6) is 0 Å². The summed E-state index contributed by atoms with van der Waals surface area (Å²) in [5.41, 5.74) is 2.33. The second-order valence-corrected chi connectivity index (χ2v) is 7.78. The van der Waals surface area contributed by atoms with Crippen molar-refractivity contribution < 1.29 is 19.1 Å². The van der Waals surface area contributed by atoms with Crippen molar-refractivity contribution in [3.05, 3.63) is 65.5 Å². The number of likely N-dealkylation sites (tertiary alicyclic amines) is 1. The smallest absolute Gasteiger partial charge is 0.319 e. The van der Waals surface area contributed by atoms with Crippen molar-refractivity contribution in [3.8, 4) is 0 Å². The molecule has 2 fully saturated rings. The lowest BCUT2D eigenvalue weighted by molar-refractivity contribution is -0.130. The van der Waals surface area contributed by atoms with E-state index >= 15 is 0 Å². The molecule has 7 heteroatoms. The number of benzene rings is 2. The van der Waals surface area contributed by atoms with E-state index < -0.39 is 0 Å². The minimum Gasteiger partial charge on any atom is -0.396 e. The van der Waals surface area contributed by atoms with Gasteiger partial charge in [-0.2, -0.15) is 0 Å². The number of carbonyl (C=O) groups excluding carboxylic acids is 2. The third-order valence-electron chi connectivity index (χ3n) is 5.87. The molecule has 3 atom stereocenters. The fourth-order valence-corrected chi connectivity index (χ4v) is 4.08. The van der Waals surface area contributed by atoms with Gasteiger partial charge in [-0.15, -0.1) is 0 Å². The van der Waals surface area contributed by atoms with Gasteiger partial charge in [0.2, 0.25) is 5.91 Å². The lowest BCUT2D eigenvalue weighted by Gasteiger charge is -2.19. The lowest BCUT2D eigenvalue weighted by Crippen LogP contribution is -2.33. The summed E-state index contributed by atoms with van der Waals surface area (Å²) in [6.45, 7) is 2.03. The molecular weight excluding hydrogens is 373 g/mol. The van der Waals surface area contributed by atoms with E-state index in [4.69, 9.17) is 0 Å². The molecule has 0 radical (unpaired) electrons. The van der Waals surface area contributed by atoms with Crippen LogP contribution in [0.15, 0.2) is 48.5 Å². The molecule has 0 bridgehead atoms. The molecule has 2 aliphatic rings. The van der Waals surface area contributed by atoms with Crippen LogP contribution in [0.25, 0.3) is 0 Å². The molecule has 3 N–H and O–H groups in total. The Balaban J connectivity index is 1.22. The highest BCUT2D eigenvalue weighted by molar-refractivity contribution is 5.89. The fraction of sp³-hybridized carbons (Fsp3) is 0.364. The van der Waals surface area contributed by atoms with Crippen molar-refractivity contribution in [1.29, 1.82) is 0 Å². The number of amides is 3. The van der Waals surface area contributed by atoms with Crippen LogP contribution in [-0.4, -0.2) is 41.6 Å². The number of hydrogen-bond donors (Lipinski definition) is 3. The Morgan fingerprint density at radius 2 is 1.62 bits per heavy atom. The molecule has 0 spiro atoms. The number of piperidine rings is 1. The molecular formula is C22H24FN3O3. The third kappa shape index (κ3) is 4.56. The number of rotatable bonds is 6. The first-order valence-corrected chi connectivity index (χ1v) is 9.80. The number of anilines is 1. The van der Waals surface area contributed by atoms with E-state index in [-0.39, 0.29) is 24.4 Å². The molecule has 1 saturated heterocycles. The predicted octanol–water partition coefficient (Wildman–Crippen LogP) is 2.39. The third-order valence-corrected chi connectivity index (χ3v) is 5.87. The molecule has 1 aliphatic carbocycles. The van der Waals surface area contributed by atoms with Gasteiger partial charge in [-0.3, -0.25) is 4.79 Å². The van der Waals surface area contributed by atoms with Crippen LogP contribution in [0.2, 0.25) is 0 Å². The molecule has 4 rings (SSSR count). The fourth-order valence-electron chi connectivity index (χ4n) is 4.08. The number of hydrogen-bond acceptors (Lipinski definition) is 3. The summed E-state index contributed by atoms with van der Waals surface area (Å²) in [5.74, 6) is 1.13. The van der Waals surface area contributed by atoms with E-state index in [9.17, 15) is 19.1 Å². The number of fused-ring (bicyclic) bond motifs is 1. The SMILES string of the molecule is O=C(NCc1ccc(F)cc1)Nc1ccc(CC(=O)N2C[C@@H]3[C@@H](CO)[C@@H]3C2)cc1. The first kappa shape index (κ1) is 19.4. The van der Waals surface area contributed by atoms with Gasteiger partial charge in [-0.1, -0.05) is 24.3 Å². The number of halogens is 1. The maximum absolute atomic E-state index is 12.9. The Bertz CT molecular complexity index is 873. The summed E-state index contributed by atoms with van der Waals surface area (Å²) in [6.07, 6.45) is 0.334. The first-order chi connectivity index (χ1) is 14.0. The molecule has 1 saturated carbocycles. The summed E-state index contributed by atoms with van der Waals surface area (Å²) in [7, 11) is 0. The van der Waals surface area contributed by atoms with Crippen LogP contribution in [0.4, 0.5) is 14.9 Å². The summed E-state index contributed by atoms with van der Waals surface area (Å²) in [4.78, 5) is 26.3. The van der Waals surface area contributed by atoms with Crippen molar-refractivity contribution in [1.82, 2.24) is 10.2 Å². The van der Waals surface area contributed by atoms with Gasteiger partial charge in [-0.25, -0.2) is 9.18 Å². The molecule has 6 nitrogen and oxygen atoms in total. The molecule has 2 aromatic carbocycles. The summed E-state index contributed by atoms with van der Waals surface area (Å²) in [5, 5.41) is 14.7. The number of aliphatic hydroxyl groups excluding tert-OH is 1.